The minimum atomic E-state index is 0.661. The molecule has 0 amide bonds. The third-order valence-electron chi connectivity index (χ3n) is 3.23. The van der Waals surface area contributed by atoms with Gasteiger partial charge in [-0.05, 0) is 12.1 Å². The van der Waals surface area contributed by atoms with Crippen LogP contribution in [0.15, 0.2) is 30.5 Å². The first-order valence-corrected chi connectivity index (χ1v) is 6.05. The van der Waals surface area contributed by atoms with E-state index in [1.807, 2.05) is 24.3 Å². The van der Waals surface area contributed by atoms with Gasteiger partial charge < -0.3 is 9.64 Å². The molecule has 0 saturated carbocycles. The lowest BCUT2D eigenvalue weighted by molar-refractivity contribution is 0.112. The summed E-state index contributed by atoms with van der Waals surface area (Å²) in [4.78, 5) is 17.4. The van der Waals surface area contributed by atoms with Gasteiger partial charge in [0.2, 0.25) is 0 Å². The van der Waals surface area contributed by atoms with E-state index in [9.17, 15) is 4.79 Å². The molecule has 1 aromatic heterocycles. The first kappa shape index (κ1) is 11.2. The van der Waals surface area contributed by atoms with Crippen LogP contribution in [0.25, 0.3) is 10.9 Å². The van der Waals surface area contributed by atoms with Crippen LogP contribution in [0.5, 0.6) is 0 Å². The summed E-state index contributed by atoms with van der Waals surface area (Å²) >= 11 is 0. The molecule has 0 atom stereocenters. The minimum absolute atomic E-state index is 0.661. The lowest BCUT2D eigenvalue weighted by atomic mass is 10.1. The Hall–Kier alpha value is -1.94. The Morgan fingerprint density at radius 2 is 2.06 bits per heavy atom. The molecular weight excluding hydrogens is 228 g/mol. The Balaban J connectivity index is 2.08. The van der Waals surface area contributed by atoms with Gasteiger partial charge in [-0.25, -0.2) is 0 Å². The second-order valence-electron chi connectivity index (χ2n) is 4.32. The fourth-order valence-corrected chi connectivity index (χ4v) is 2.30. The zero-order chi connectivity index (χ0) is 12.4. The van der Waals surface area contributed by atoms with E-state index in [2.05, 4.69) is 9.88 Å². The molecule has 2 heterocycles. The average Bonchev–Trinajstić information content (AvgIpc) is 2.47. The number of aldehydes is 1. The summed E-state index contributed by atoms with van der Waals surface area (Å²) in [6.45, 7) is 3.32. The van der Waals surface area contributed by atoms with E-state index in [1.165, 1.54) is 5.69 Å². The van der Waals surface area contributed by atoms with Gasteiger partial charge in [0.1, 0.15) is 6.29 Å². The third kappa shape index (κ3) is 1.95. The van der Waals surface area contributed by atoms with Crippen LogP contribution in [0.3, 0.4) is 0 Å². The SMILES string of the molecule is O=Cc1ccc2c(N3CCOCC3)ccnc2c1. The number of carbonyl (C=O) groups is 1. The molecular formula is C14H14N2O2. The number of anilines is 1. The average molecular weight is 242 g/mol. The quantitative estimate of drug-likeness (QED) is 0.754. The molecule has 0 unspecified atom stereocenters. The highest BCUT2D eigenvalue weighted by Gasteiger charge is 2.14. The topological polar surface area (TPSA) is 42.4 Å². The van der Waals surface area contributed by atoms with Gasteiger partial charge in [0.25, 0.3) is 0 Å². The van der Waals surface area contributed by atoms with Crippen LogP contribution < -0.4 is 4.90 Å². The standard InChI is InChI=1S/C14H14N2O2/c17-10-11-1-2-12-13(9-11)15-4-3-14(12)16-5-7-18-8-6-16/h1-4,9-10H,5-8H2. The number of carbonyl (C=O) groups excluding carboxylic acids is 1. The van der Waals surface area contributed by atoms with Gasteiger partial charge in [-0.3, -0.25) is 9.78 Å². The van der Waals surface area contributed by atoms with Crippen LogP contribution in [-0.4, -0.2) is 37.6 Å². The molecule has 0 aliphatic carbocycles. The van der Waals surface area contributed by atoms with Crippen molar-refractivity contribution >= 4 is 22.9 Å². The largest absolute Gasteiger partial charge is 0.378 e. The summed E-state index contributed by atoms with van der Waals surface area (Å²) in [7, 11) is 0. The highest BCUT2D eigenvalue weighted by atomic mass is 16.5. The minimum Gasteiger partial charge on any atom is -0.378 e. The maximum absolute atomic E-state index is 10.8. The highest BCUT2D eigenvalue weighted by molar-refractivity contribution is 5.94. The van der Waals surface area contributed by atoms with Crippen molar-refractivity contribution in [3.05, 3.63) is 36.0 Å². The number of hydrogen-bond acceptors (Lipinski definition) is 4. The lowest BCUT2D eigenvalue weighted by Gasteiger charge is -2.29. The molecule has 1 saturated heterocycles. The number of ether oxygens (including phenoxy) is 1. The second kappa shape index (κ2) is 4.74. The zero-order valence-corrected chi connectivity index (χ0v) is 10.0. The van der Waals surface area contributed by atoms with Crippen molar-refractivity contribution in [1.29, 1.82) is 0 Å². The summed E-state index contributed by atoms with van der Waals surface area (Å²) < 4.78 is 5.37. The Morgan fingerprint density at radius 3 is 2.83 bits per heavy atom. The van der Waals surface area contributed by atoms with Crippen molar-refractivity contribution in [2.75, 3.05) is 31.2 Å². The molecule has 18 heavy (non-hydrogen) atoms. The molecule has 2 aromatic rings. The predicted molar refractivity (Wildman–Crippen MR) is 70.2 cm³/mol. The van der Waals surface area contributed by atoms with Crippen molar-refractivity contribution in [1.82, 2.24) is 4.98 Å². The van der Waals surface area contributed by atoms with Crippen molar-refractivity contribution in [3.8, 4) is 0 Å². The number of aromatic nitrogens is 1. The van der Waals surface area contributed by atoms with E-state index in [0.29, 0.717) is 5.56 Å². The monoisotopic (exact) mass is 242 g/mol. The summed E-state index contributed by atoms with van der Waals surface area (Å²) in [5.74, 6) is 0. The number of hydrogen-bond donors (Lipinski definition) is 0. The molecule has 0 N–H and O–H groups in total. The van der Waals surface area contributed by atoms with Gasteiger partial charge in [-0.15, -0.1) is 0 Å². The second-order valence-corrected chi connectivity index (χ2v) is 4.32. The van der Waals surface area contributed by atoms with E-state index >= 15 is 0 Å². The van der Waals surface area contributed by atoms with Crippen LogP contribution in [0.4, 0.5) is 5.69 Å². The van der Waals surface area contributed by atoms with Crippen LogP contribution >= 0.6 is 0 Å². The van der Waals surface area contributed by atoms with Gasteiger partial charge in [-0.1, -0.05) is 12.1 Å². The first-order chi connectivity index (χ1) is 8.88. The Bertz CT molecular complexity index is 577. The number of pyridine rings is 1. The molecule has 3 rings (SSSR count). The van der Waals surface area contributed by atoms with E-state index in [0.717, 1.165) is 43.5 Å². The molecule has 1 aromatic carbocycles. The van der Waals surface area contributed by atoms with Gasteiger partial charge in [-0.2, -0.15) is 0 Å². The molecule has 92 valence electrons. The lowest BCUT2D eigenvalue weighted by Crippen LogP contribution is -2.36. The van der Waals surface area contributed by atoms with E-state index < -0.39 is 0 Å². The molecule has 0 radical (unpaired) electrons. The smallest absolute Gasteiger partial charge is 0.150 e. The summed E-state index contributed by atoms with van der Waals surface area (Å²) in [6.07, 6.45) is 2.64. The maximum atomic E-state index is 10.8. The Morgan fingerprint density at radius 1 is 1.22 bits per heavy atom. The number of fused-ring (bicyclic) bond motifs is 1. The molecule has 4 heteroatoms. The highest BCUT2D eigenvalue weighted by Crippen LogP contribution is 2.26. The number of nitrogens with zero attached hydrogens (tertiary/aromatic N) is 2. The molecule has 1 aliphatic rings. The summed E-state index contributed by atoms with van der Waals surface area (Å²) in [5.41, 5.74) is 2.69. The van der Waals surface area contributed by atoms with Crippen LogP contribution in [0.1, 0.15) is 10.4 Å². The normalized spacial score (nSPS) is 15.9. The van der Waals surface area contributed by atoms with Gasteiger partial charge in [0.05, 0.1) is 18.7 Å². The fourth-order valence-electron chi connectivity index (χ4n) is 2.30. The van der Waals surface area contributed by atoms with Crippen molar-refractivity contribution < 1.29 is 9.53 Å². The van der Waals surface area contributed by atoms with Crippen molar-refractivity contribution in [2.24, 2.45) is 0 Å². The molecule has 4 nitrogen and oxygen atoms in total. The third-order valence-corrected chi connectivity index (χ3v) is 3.23. The van der Waals surface area contributed by atoms with Crippen LogP contribution in [0, 0.1) is 0 Å². The number of morpholine rings is 1. The predicted octanol–water partition coefficient (Wildman–Crippen LogP) is 1.88. The van der Waals surface area contributed by atoms with Crippen molar-refractivity contribution in [2.45, 2.75) is 0 Å². The molecule has 0 bridgehead atoms. The van der Waals surface area contributed by atoms with Gasteiger partial charge in [0, 0.05) is 35.9 Å². The maximum Gasteiger partial charge on any atom is 0.150 e. The number of rotatable bonds is 2. The number of benzene rings is 1. The van der Waals surface area contributed by atoms with E-state index in [-0.39, 0.29) is 0 Å². The summed E-state index contributed by atoms with van der Waals surface area (Å²) in [6, 6.07) is 7.65. The molecule has 0 spiro atoms. The van der Waals surface area contributed by atoms with Crippen LogP contribution in [0.2, 0.25) is 0 Å². The summed E-state index contributed by atoms with van der Waals surface area (Å²) in [5, 5.41) is 1.09. The van der Waals surface area contributed by atoms with E-state index in [4.69, 9.17) is 4.74 Å². The van der Waals surface area contributed by atoms with Crippen LogP contribution in [-0.2, 0) is 4.74 Å². The first-order valence-electron chi connectivity index (χ1n) is 6.05. The Kier molecular flexibility index (Phi) is 2.94. The fraction of sp³-hybridized carbons (Fsp3) is 0.286. The zero-order valence-electron chi connectivity index (χ0n) is 10.0. The van der Waals surface area contributed by atoms with E-state index in [1.54, 1.807) is 6.20 Å². The molecule has 1 fully saturated rings. The van der Waals surface area contributed by atoms with Gasteiger partial charge in [0.15, 0.2) is 0 Å². The van der Waals surface area contributed by atoms with Crippen molar-refractivity contribution in [3.63, 3.8) is 0 Å². The molecule has 1 aliphatic heterocycles. The Labute approximate surface area is 105 Å². The van der Waals surface area contributed by atoms with Gasteiger partial charge >= 0.3 is 0 Å².